The Morgan fingerprint density at radius 3 is 3.00 bits per heavy atom. The third kappa shape index (κ3) is 1.26. The van der Waals surface area contributed by atoms with E-state index in [1.807, 2.05) is 24.7 Å². The molecule has 3 heterocycles. The Labute approximate surface area is 93.0 Å². The van der Waals surface area contributed by atoms with E-state index in [-0.39, 0.29) is 0 Å². The quantitative estimate of drug-likeness (QED) is 0.655. The molecule has 4 nitrogen and oxygen atoms in total. The van der Waals surface area contributed by atoms with Gasteiger partial charge >= 0.3 is 0 Å². The van der Waals surface area contributed by atoms with Gasteiger partial charge in [-0.25, -0.2) is 4.98 Å². The zero-order valence-electron chi connectivity index (χ0n) is 9.09. The van der Waals surface area contributed by atoms with Crippen LogP contribution in [0.4, 0.5) is 0 Å². The van der Waals surface area contributed by atoms with E-state index < -0.39 is 0 Å². The fraction of sp³-hybridized carbons (Fsp3) is 0.250. The van der Waals surface area contributed by atoms with Crippen LogP contribution in [0.2, 0.25) is 0 Å². The van der Waals surface area contributed by atoms with Gasteiger partial charge in [-0.05, 0) is 18.6 Å². The molecule has 4 heteroatoms. The molecule has 0 unspecified atom stereocenters. The average Bonchev–Trinajstić information content (AvgIpc) is 2.73. The Bertz CT molecular complexity index is 642. The van der Waals surface area contributed by atoms with Crippen molar-refractivity contribution in [2.75, 3.05) is 0 Å². The Morgan fingerprint density at radius 2 is 2.12 bits per heavy atom. The Hall–Kier alpha value is -1.97. The van der Waals surface area contributed by atoms with E-state index in [2.05, 4.69) is 26.4 Å². The molecular formula is C12H12N4. The first kappa shape index (κ1) is 9.27. The van der Waals surface area contributed by atoms with Crippen LogP contribution in [-0.4, -0.2) is 19.5 Å². The fourth-order valence-corrected chi connectivity index (χ4v) is 1.97. The van der Waals surface area contributed by atoms with Gasteiger partial charge in [-0.2, -0.15) is 0 Å². The summed E-state index contributed by atoms with van der Waals surface area (Å²) in [5, 5.41) is 0. The lowest BCUT2D eigenvalue weighted by atomic mass is 10.3. The molecular weight excluding hydrogens is 200 g/mol. The predicted molar refractivity (Wildman–Crippen MR) is 63.1 cm³/mol. The monoisotopic (exact) mass is 212 g/mol. The summed E-state index contributed by atoms with van der Waals surface area (Å²) < 4.78 is 2.15. The summed E-state index contributed by atoms with van der Waals surface area (Å²) in [4.78, 5) is 13.1. The molecule has 3 rings (SSSR count). The molecule has 0 saturated heterocycles. The highest BCUT2D eigenvalue weighted by atomic mass is 15.1. The number of imidazole rings is 1. The largest absolute Gasteiger partial charge is 0.329 e. The molecule has 80 valence electrons. The predicted octanol–water partition coefficient (Wildman–Crippen LogP) is 2.39. The molecule has 0 amide bonds. The Morgan fingerprint density at radius 1 is 1.19 bits per heavy atom. The average molecular weight is 212 g/mol. The van der Waals surface area contributed by atoms with Crippen molar-refractivity contribution in [3.63, 3.8) is 0 Å². The zero-order valence-corrected chi connectivity index (χ0v) is 9.09. The zero-order chi connectivity index (χ0) is 11.0. The van der Waals surface area contributed by atoms with Crippen LogP contribution in [-0.2, 0) is 6.54 Å². The third-order valence-corrected chi connectivity index (χ3v) is 2.67. The minimum Gasteiger partial charge on any atom is -0.329 e. The maximum absolute atomic E-state index is 4.40. The number of hydrogen-bond acceptors (Lipinski definition) is 3. The van der Waals surface area contributed by atoms with Crippen LogP contribution in [0.1, 0.15) is 13.3 Å². The molecule has 0 aromatic carbocycles. The van der Waals surface area contributed by atoms with E-state index >= 15 is 0 Å². The van der Waals surface area contributed by atoms with Gasteiger partial charge in [0.1, 0.15) is 11.0 Å². The number of aromatic nitrogens is 4. The van der Waals surface area contributed by atoms with Crippen molar-refractivity contribution in [1.82, 2.24) is 19.5 Å². The van der Waals surface area contributed by atoms with E-state index in [0.717, 1.165) is 35.0 Å². The van der Waals surface area contributed by atoms with Gasteiger partial charge in [0.25, 0.3) is 0 Å². The van der Waals surface area contributed by atoms with Crippen LogP contribution in [0.25, 0.3) is 22.1 Å². The van der Waals surface area contributed by atoms with Crippen LogP contribution < -0.4 is 0 Å². The van der Waals surface area contributed by atoms with Gasteiger partial charge in [0.05, 0.1) is 23.6 Å². The molecule has 0 aliphatic heterocycles. The van der Waals surface area contributed by atoms with Gasteiger partial charge in [0.2, 0.25) is 0 Å². The number of aryl methyl sites for hydroxylation is 1. The topological polar surface area (TPSA) is 43.6 Å². The molecule has 0 saturated carbocycles. The first-order valence-corrected chi connectivity index (χ1v) is 5.44. The normalized spacial score (nSPS) is 11.3. The summed E-state index contributed by atoms with van der Waals surface area (Å²) in [6, 6.07) is 3.88. The molecule has 3 aromatic heterocycles. The molecule has 16 heavy (non-hydrogen) atoms. The van der Waals surface area contributed by atoms with Crippen molar-refractivity contribution < 1.29 is 0 Å². The molecule has 0 N–H and O–H groups in total. The second-order valence-electron chi connectivity index (χ2n) is 3.80. The van der Waals surface area contributed by atoms with Crippen molar-refractivity contribution >= 4 is 22.1 Å². The molecule has 0 spiro atoms. The van der Waals surface area contributed by atoms with Crippen molar-refractivity contribution in [2.45, 2.75) is 19.9 Å². The van der Waals surface area contributed by atoms with Crippen molar-refractivity contribution in [3.05, 3.63) is 30.9 Å². The van der Waals surface area contributed by atoms with E-state index in [1.54, 1.807) is 6.20 Å². The van der Waals surface area contributed by atoms with Crippen molar-refractivity contribution in [2.24, 2.45) is 0 Å². The lowest BCUT2D eigenvalue weighted by Crippen LogP contribution is -1.96. The maximum atomic E-state index is 4.40. The Balaban J connectivity index is 2.42. The van der Waals surface area contributed by atoms with Gasteiger partial charge in [-0.15, -0.1) is 0 Å². The number of rotatable bonds is 2. The molecule has 0 fully saturated rings. The highest BCUT2D eigenvalue weighted by molar-refractivity contribution is 5.99. The summed E-state index contributed by atoms with van der Waals surface area (Å²) in [5.74, 6) is 0. The number of pyridine rings is 2. The summed E-state index contributed by atoms with van der Waals surface area (Å²) in [6.07, 6.45) is 6.56. The highest BCUT2D eigenvalue weighted by Crippen LogP contribution is 2.20. The summed E-state index contributed by atoms with van der Waals surface area (Å²) in [7, 11) is 0. The minimum absolute atomic E-state index is 0.916. The first-order chi connectivity index (χ1) is 7.90. The van der Waals surface area contributed by atoms with E-state index in [1.165, 1.54) is 0 Å². The van der Waals surface area contributed by atoms with Crippen LogP contribution in [0, 0.1) is 0 Å². The van der Waals surface area contributed by atoms with Crippen LogP contribution in [0.3, 0.4) is 0 Å². The number of hydrogen-bond donors (Lipinski definition) is 0. The molecule has 0 aliphatic carbocycles. The van der Waals surface area contributed by atoms with Crippen molar-refractivity contribution in [3.8, 4) is 0 Å². The second kappa shape index (κ2) is 3.56. The minimum atomic E-state index is 0.916. The van der Waals surface area contributed by atoms with Gasteiger partial charge < -0.3 is 4.57 Å². The maximum Gasteiger partial charge on any atom is 0.115 e. The summed E-state index contributed by atoms with van der Waals surface area (Å²) >= 11 is 0. The molecule has 0 bridgehead atoms. The molecule has 3 aromatic rings. The Kier molecular flexibility index (Phi) is 2.06. The summed E-state index contributed by atoms with van der Waals surface area (Å²) in [6.45, 7) is 3.12. The SMILES string of the molecule is CCCn1cnc2cnc3cccnc3c21. The first-order valence-electron chi connectivity index (χ1n) is 5.44. The van der Waals surface area contributed by atoms with Gasteiger partial charge in [-0.3, -0.25) is 9.97 Å². The molecule has 0 atom stereocenters. The third-order valence-electron chi connectivity index (χ3n) is 2.67. The van der Waals surface area contributed by atoms with Gasteiger partial charge in [-0.1, -0.05) is 6.92 Å². The fourth-order valence-electron chi connectivity index (χ4n) is 1.97. The molecule has 0 radical (unpaired) electrons. The molecule has 0 aliphatic rings. The van der Waals surface area contributed by atoms with Crippen LogP contribution >= 0.6 is 0 Å². The smallest absolute Gasteiger partial charge is 0.115 e. The van der Waals surface area contributed by atoms with E-state index in [4.69, 9.17) is 0 Å². The number of fused-ring (bicyclic) bond motifs is 3. The lowest BCUT2D eigenvalue weighted by Gasteiger charge is -2.03. The highest BCUT2D eigenvalue weighted by Gasteiger charge is 2.07. The lowest BCUT2D eigenvalue weighted by molar-refractivity contribution is 0.698. The number of nitrogens with zero attached hydrogens (tertiary/aromatic N) is 4. The van der Waals surface area contributed by atoms with Gasteiger partial charge in [0, 0.05) is 12.7 Å². The summed E-state index contributed by atoms with van der Waals surface area (Å²) in [5.41, 5.74) is 3.87. The van der Waals surface area contributed by atoms with Crippen LogP contribution in [0.15, 0.2) is 30.9 Å². The van der Waals surface area contributed by atoms with E-state index in [0.29, 0.717) is 0 Å². The van der Waals surface area contributed by atoms with Crippen LogP contribution in [0.5, 0.6) is 0 Å². The van der Waals surface area contributed by atoms with E-state index in [9.17, 15) is 0 Å². The van der Waals surface area contributed by atoms with Crippen molar-refractivity contribution in [1.29, 1.82) is 0 Å². The standard InChI is InChI=1S/C12H12N4/c1-2-6-16-8-15-10-7-14-9-4-3-5-13-11(9)12(10)16/h3-5,7-8H,2,6H2,1H3. The van der Waals surface area contributed by atoms with Gasteiger partial charge in [0.15, 0.2) is 0 Å². The second-order valence-corrected chi connectivity index (χ2v) is 3.80.